The third-order valence-electron chi connectivity index (χ3n) is 4.20. The molecule has 0 radical (unpaired) electrons. The molecule has 2 aromatic carbocycles. The highest BCUT2D eigenvalue weighted by molar-refractivity contribution is 9.10. The first-order chi connectivity index (χ1) is 11.5. The van der Waals surface area contributed by atoms with Crippen molar-refractivity contribution in [1.82, 2.24) is 0 Å². The van der Waals surface area contributed by atoms with Gasteiger partial charge in [-0.15, -0.1) is 0 Å². The van der Waals surface area contributed by atoms with E-state index in [0.717, 1.165) is 32.9 Å². The molecule has 24 heavy (non-hydrogen) atoms. The van der Waals surface area contributed by atoms with Crippen molar-refractivity contribution in [3.63, 3.8) is 0 Å². The monoisotopic (exact) mass is 440 g/mol. The van der Waals surface area contributed by atoms with Gasteiger partial charge in [0.25, 0.3) is 0 Å². The summed E-state index contributed by atoms with van der Waals surface area (Å²) in [5, 5.41) is 0. The van der Waals surface area contributed by atoms with Crippen LogP contribution >= 0.6 is 31.9 Å². The topological polar surface area (TPSA) is 0 Å². The molecule has 0 aromatic heterocycles. The van der Waals surface area contributed by atoms with Gasteiger partial charge in [0.15, 0.2) is 0 Å². The number of halogens is 2. The lowest BCUT2D eigenvalue weighted by atomic mass is 9.88. The molecule has 0 N–H and O–H groups in total. The molecule has 1 aliphatic carbocycles. The molecule has 0 aliphatic heterocycles. The van der Waals surface area contributed by atoms with Gasteiger partial charge in [0.05, 0.1) is 0 Å². The molecule has 1 aliphatic rings. The predicted molar refractivity (Wildman–Crippen MR) is 112 cm³/mol. The second kappa shape index (κ2) is 7.50. The van der Waals surface area contributed by atoms with Crippen molar-refractivity contribution in [1.29, 1.82) is 0 Å². The van der Waals surface area contributed by atoms with Gasteiger partial charge in [0.2, 0.25) is 0 Å². The second-order valence-corrected chi connectivity index (χ2v) is 7.73. The average Bonchev–Trinajstić information content (AvgIpc) is 2.57. The van der Waals surface area contributed by atoms with Gasteiger partial charge in [-0.3, -0.25) is 0 Å². The molecule has 0 saturated carbocycles. The van der Waals surface area contributed by atoms with Gasteiger partial charge in [0.1, 0.15) is 0 Å². The minimum atomic E-state index is 0.974. The van der Waals surface area contributed by atoms with Crippen LogP contribution in [-0.4, -0.2) is 0 Å². The normalized spacial score (nSPS) is 19.8. The number of rotatable bonds is 2. The Kier molecular flexibility index (Phi) is 5.37. The van der Waals surface area contributed by atoms with E-state index in [4.69, 9.17) is 0 Å². The fourth-order valence-corrected chi connectivity index (χ4v) is 3.33. The van der Waals surface area contributed by atoms with Crippen LogP contribution in [0.4, 0.5) is 0 Å². The van der Waals surface area contributed by atoms with E-state index in [1.54, 1.807) is 0 Å². The van der Waals surface area contributed by atoms with Crippen LogP contribution in [0.1, 0.15) is 24.0 Å². The van der Waals surface area contributed by atoms with Crippen molar-refractivity contribution in [3.8, 4) is 0 Å². The van der Waals surface area contributed by atoms with Crippen LogP contribution in [0.2, 0.25) is 0 Å². The van der Waals surface area contributed by atoms with E-state index >= 15 is 0 Å². The van der Waals surface area contributed by atoms with E-state index in [1.807, 2.05) is 0 Å². The zero-order valence-corrected chi connectivity index (χ0v) is 16.5. The quantitative estimate of drug-likeness (QED) is 0.450. The van der Waals surface area contributed by atoms with Crippen molar-refractivity contribution < 1.29 is 0 Å². The molecule has 2 aromatic rings. The number of benzene rings is 2. The van der Waals surface area contributed by atoms with Gasteiger partial charge in [-0.05, 0) is 70.5 Å². The van der Waals surface area contributed by atoms with Gasteiger partial charge in [-0.25, -0.2) is 0 Å². The Morgan fingerprint density at radius 2 is 0.917 bits per heavy atom. The highest BCUT2D eigenvalue weighted by atomic mass is 79.9. The van der Waals surface area contributed by atoms with Gasteiger partial charge >= 0.3 is 0 Å². The summed E-state index contributed by atoms with van der Waals surface area (Å²) < 4.78 is 2.19. The first-order valence-corrected chi connectivity index (χ1v) is 9.43. The molecule has 0 fully saturated rings. The Morgan fingerprint density at radius 3 is 1.25 bits per heavy atom. The van der Waals surface area contributed by atoms with Crippen molar-refractivity contribution >= 4 is 43.0 Å². The molecule has 0 atom stereocenters. The summed E-state index contributed by atoms with van der Waals surface area (Å²) in [5.41, 5.74) is 7.03. The van der Waals surface area contributed by atoms with Gasteiger partial charge in [-0.1, -0.05) is 81.4 Å². The third-order valence-corrected chi connectivity index (χ3v) is 5.26. The summed E-state index contributed by atoms with van der Waals surface area (Å²) in [6.45, 7) is 8.39. The maximum absolute atomic E-state index is 4.20. The van der Waals surface area contributed by atoms with Crippen LogP contribution < -0.4 is 0 Å². The highest BCUT2D eigenvalue weighted by Crippen LogP contribution is 2.33. The molecule has 2 heteroatoms. The van der Waals surface area contributed by atoms with E-state index in [-0.39, 0.29) is 0 Å². The molecule has 0 nitrogen and oxygen atoms in total. The van der Waals surface area contributed by atoms with E-state index in [9.17, 15) is 0 Å². The molecular formula is C22H18Br2. The summed E-state index contributed by atoms with van der Waals surface area (Å²) in [6.07, 6.45) is 6.30. The van der Waals surface area contributed by atoms with Gasteiger partial charge in [0, 0.05) is 8.95 Å². The molecule has 0 spiro atoms. The van der Waals surface area contributed by atoms with Crippen molar-refractivity contribution in [2.24, 2.45) is 0 Å². The first kappa shape index (κ1) is 17.2. The molecule has 120 valence electrons. The molecule has 0 unspecified atom stereocenters. The first-order valence-electron chi connectivity index (χ1n) is 7.84. The summed E-state index contributed by atoms with van der Waals surface area (Å²) in [6, 6.07) is 16.9. The molecule has 3 rings (SSSR count). The van der Waals surface area contributed by atoms with Crippen LogP contribution in [0.15, 0.2) is 93.9 Å². The minimum Gasteiger partial charge on any atom is -0.0912 e. The van der Waals surface area contributed by atoms with Crippen LogP contribution in [0.5, 0.6) is 0 Å². The Morgan fingerprint density at radius 1 is 0.583 bits per heavy atom. The lowest BCUT2D eigenvalue weighted by Crippen LogP contribution is -1.95. The standard InChI is InChI=1S/C22H18Br2/c1-15-13-19(17-5-9-21(23)10-6-17)3-4-20(14-16(15)2)18-7-11-22(24)12-8-18/h5-14H,1-4H2/b19-13+,20-14+. The van der Waals surface area contributed by atoms with Crippen molar-refractivity contribution in [2.75, 3.05) is 0 Å². The minimum absolute atomic E-state index is 0.974. The fraction of sp³-hybridized carbons (Fsp3) is 0.0909. The van der Waals surface area contributed by atoms with E-state index in [0.29, 0.717) is 0 Å². The lowest BCUT2D eigenvalue weighted by molar-refractivity contribution is 1.08. The summed E-state index contributed by atoms with van der Waals surface area (Å²) in [5.74, 6) is 0. The Labute approximate surface area is 160 Å². The summed E-state index contributed by atoms with van der Waals surface area (Å²) in [4.78, 5) is 0. The summed E-state index contributed by atoms with van der Waals surface area (Å²) in [7, 11) is 0. The molecule has 0 heterocycles. The number of allylic oxidation sites excluding steroid dienone is 6. The maximum atomic E-state index is 4.20. The zero-order chi connectivity index (χ0) is 17.1. The largest absolute Gasteiger partial charge is 0.0912 e. The van der Waals surface area contributed by atoms with Crippen LogP contribution in [0, 0.1) is 0 Å². The Balaban J connectivity index is 1.93. The predicted octanol–water partition coefficient (Wildman–Crippen LogP) is 7.58. The van der Waals surface area contributed by atoms with Crippen molar-refractivity contribution in [3.05, 3.63) is 105 Å². The lowest BCUT2D eigenvalue weighted by Gasteiger charge is -2.17. The molecule has 0 bridgehead atoms. The maximum Gasteiger partial charge on any atom is 0.0175 e. The smallest absolute Gasteiger partial charge is 0.0175 e. The fourth-order valence-electron chi connectivity index (χ4n) is 2.80. The SMILES string of the molecule is C=C1/C=C(/c2ccc(Br)cc2)CC/C(c2ccc(Br)cc2)=C\C1=C. The van der Waals surface area contributed by atoms with Gasteiger partial charge < -0.3 is 0 Å². The third kappa shape index (κ3) is 4.06. The van der Waals surface area contributed by atoms with Crippen LogP contribution in [0.3, 0.4) is 0 Å². The van der Waals surface area contributed by atoms with Gasteiger partial charge in [-0.2, -0.15) is 0 Å². The highest BCUT2D eigenvalue weighted by Gasteiger charge is 2.11. The number of hydrogen-bond donors (Lipinski definition) is 0. The second-order valence-electron chi connectivity index (χ2n) is 5.90. The number of hydrogen-bond acceptors (Lipinski definition) is 0. The zero-order valence-electron chi connectivity index (χ0n) is 13.4. The Hall–Kier alpha value is -1.64. The summed E-state index contributed by atoms with van der Waals surface area (Å²) >= 11 is 7.00. The van der Waals surface area contributed by atoms with Crippen molar-refractivity contribution in [2.45, 2.75) is 12.8 Å². The van der Waals surface area contributed by atoms with E-state index in [2.05, 4.69) is 106 Å². The van der Waals surface area contributed by atoms with Crippen LogP contribution in [-0.2, 0) is 0 Å². The van der Waals surface area contributed by atoms with Crippen LogP contribution in [0.25, 0.3) is 11.1 Å². The molecule has 0 saturated heterocycles. The Bertz CT molecular complexity index is 761. The van der Waals surface area contributed by atoms with E-state index in [1.165, 1.54) is 22.3 Å². The molecular weight excluding hydrogens is 424 g/mol. The molecule has 0 amide bonds. The van der Waals surface area contributed by atoms with E-state index < -0.39 is 0 Å². The average molecular weight is 442 g/mol.